The maximum absolute atomic E-state index is 12.4. The first-order valence-corrected chi connectivity index (χ1v) is 6.45. The molecule has 1 aliphatic rings. The lowest BCUT2D eigenvalue weighted by Crippen LogP contribution is -2.42. The summed E-state index contributed by atoms with van der Waals surface area (Å²) in [5, 5.41) is 0. The van der Waals surface area contributed by atoms with E-state index in [2.05, 4.69) is 18.8 Å². The Bertz CT molecular complexity index is 458. The molecule has 2 atom stereocenters. The van der Waals surface area contributed by atoms with Crippen molar-refractivity contribution in [2.45, 2.75) is 20.3 Å². The lowest BCUT2D eigenvalue weighted by atomic mass is 9.91. The Balaban J connectivity index is 2.20. The monoisotopic (exact) mass is 250 g/mol. The fourth-order valence-electron chi connectivity index (χ4n) is 2.59. The van der Waals surface area contributed by atoms with Gasteiger partial charge in [-0.3, -0.25) is 4.79 Å². The summed E-state index contributed by atoms with van der Waals surface area (Å²) in [5.74, 6) is 1.21. The van der Waals surface area contributed by atoms with E-state index in [0.717, 1.165) is 13.1 Å². The van der Waals surface area contributed by atoms with Gasteiger partial charge in [0.1, 0.15) is 4.64 Å². The molecule has 4 heteroatoms. The first-order chi connectivity index (χ1) is 8.08. The van der Waals surface area contributed by atoms with E-state index in [9.17, 15) is 4.79 Å². The molecule has 0 bridgehead atoms. The number of aromatic amines is 1. The van der Waals surface area contributed by atoms with Crippen molar-refractivity contribution in [2.75, 3.05) is 13.1 Å². The number of H-pyrrole nitrogens is 1. The number of nitrogens with zero attached hydrogens (tertiary/aromatic N) is 1. The van der Waals surface area contributed by atoms with E-state index in [0.29, 0.717) is 22.0 Å². The molecule has 1 saturated heterocycles. The lowest BCUT2D eigenvalue weighted by molar-refractivity contribution is 0.0622. The van der Waals surface area contributed by atoms with Crippen LogP contribution in [0, 0.1) is 16.5 Å². The van der Waals surface area contributed by atoms with Gasteiger partial charge in [-0.25, -0.2) is 0 Å². The van der Waals surface area contributed by atoms with Gasteiger partial charge in [0.2, 0.25) is 0 Å². The predicted molar refractivity (Wildman–Crippen MR) is 70.5 cm³/mol. The molecule has 1 N–H and O–H groups in total. The summed E-state index contributed by atoms with van der Waals surface area (Å²) in [7, 11) is 0. The van der Waals surface area contributed by atoms with Gasteiger partial charge in [0, 0.05) is 19.3 Å². The second-order valence-electron chi connectivity index (χ2n) is 5.07. The molecule has 3 nitrogen and oxygen atoms in total. The van der Waals surface area contributed by atoms with E-state index in [-0.39, 0.29) is 5.91 Å². The van der Waals surface area contributed by atoms with Crippen LogP contribution in [0.4, 0.5) is 0 Å². The van der Waals surface area contributed by atoms with Crippen molar-refractivity contribution in [3.8, 4) is 0 Å². The highest BCUT2D eigenvalue weighted by molar-refractivity contribution is 7.71. The number of pyridine rings is 1. The summed E-state index contributed by atoms with van der Waals surface area (Å²) in [6, 6.07) is 3.62. The molecule has 2 rings (SSSR count). The largest absolute Gasteiger partial charge is 0.352 e. The maximum Gasteiger partial charge on any atom is 0.256 e. The molecule has 0 radical (unpaired) electrons. The van der Waals surface area contributed by atoms with Gasteiger partial charge < -0.3 is 9.88 Å². The van der Waals surface area contributed by atoms with Crippen molar-refractivity contribution in [2.24, 2.45) is 11.8 Å². The first-order valence-electron chi connectivity index (χ1n) is 6.05. The van der Waals surface area contributed by atoms with Crippen LogP contribution in [0.5, 0.6) is 0 Å². The van der Waals surface area contributed by atoms with Gasteiger partial charge in [-0.05, 0) is 30.4 Å². The molecule has 1 aromatic rings. The Morgan fingerprint density at radius 3 is 2.65 bits per heavy atom. The molecule has 0 spiro atoms. The van der Waals surface area contributed by atoms with Crippen molar-refractivity contribution in [3.05, 3.63) is 28.5 Å². The van der Waals surface area contributed by atoms with Crippen molar-refractivity contribution in [1.29, 1.82) is 0 Å². The Kier molecular flexibility index (Phi) is 3.62. The van der Waals surface area contributed by atoms with Crippen molar-refractivity contribution >= 4 is 18.1 Å². The van der Waals surface area contributed by atoms with E-state index >= 15 is 0 Å². The zero-order valence-corrected chi connectivity index (χ0v) is 11.1. The van der Waals surface area contributed by atoms with Crippen LogP contribution < -0.4 is 0 Å². The average Bonchev–Trinajstić information content (AvgIpc) is 2.27. The quantitative estimate of drug-likeness (QED) is 0.778. The minimum atomic E-state index is 0.0604. The molecule has 2 unspecified atom stereocenters. The number of hydrogen-bond acceptors (Lipinski definition) is 2. The van der Waals surface area contributed by atoms with Gasteiger partial charge in [0.25, 0.3) is 5.91 Å². The number of likely N-dealkylation sites (tertiary alicyclic amines) is 1. The molecule has 1 aromatic heterocycles. The smallest absolute Gasteiger partial charge is 0.256 e. The summed E-state index contributed by atoms with van der Waals surface area (Å²) in [6.45, 7) is 6.07. The fraction of sp³-hybridized carbons (Fsp3) is 0.538. The molecular weight excluding hydrogens is 232 g/mol. The number of piperidine rings is 1. The third kappa shape index (κ3) is 2.75. The van der Waals surface area contributed by atoms with Crippen LogP contribution in [0.25, 0.3) is 0 Å². The second kappa shape index (κ2) is 5.00. The molecule has 2 heterocycles. The molecule has 0 aromatic carbocycles. The minimum absolute atomic E-state index is 0.0604. The summed E-state index contributed by atoms with van der Waals surface area (Å²) in [4.78, 5) is 17.2. The van der Waals surface area contributed by atoms with Crippen LogP contribution in [0.3, 0.4) is 0 Å². The molecule has 1 fully saturated rings. The highest BCUT2D eigenvalue weighted by Gasteiger charge is 2.26. The van der Waals surface area contributed by atoms with Crippen molar-refractivity contribution in [3.63, 3.8) is 0 Å². The predicted octanol–water partition coefficient (Wildman–Crippen LogP) is 2.86. The topological polar surface area (TPSA) is 36.1 Å². The van der Waals surface area contributed by atoms with E-state index in [4.69, 9.17) is 12.2 Å². The molecule has 92 valence electrons. The van der Waals surface area contributed by atoms with Crippen LogP contribution in [-0.4, -0.2) is 28.9 Å². The SMILES string of the molecule is CC1CC(C)CN(C(=O)c2ccc[nH]c2=S)C1. The molecule has 1 amide bonds. The Morgan fingerprint density at radius 1 is 1.41 bits per heavy atom. The van der Waals surface area contributed by atoms with Gasteiger partial charge >= 0.3 is 0 Å². The third-order valence-electron chi connectivity index (χ3n) is 3.20. The number of carbonyl (C=O) groups excluding carboxylic acids is 1. The van der Waals surface area contributed by atoms with E-state index in [1.54, 1.807) is 12.3 Å². The normalized spacial score (nSPS) is 24.7. The molecule has 1 aliphatic heterocycles. The Labute approximate surface area is 107 Å². The maximum atomic E-state index is 12.4. The van der Waals surface area contributed by atoms with Crippen LogP contribution in [0.2, 0.25) is 0 Å². The highest BCUT2D eigenvalue weighted by Crippen LogP contribution is 2.22. The Hall–Kier alpha value is -1.16. The van der Waals surface area contributed by atoms with Crippen molar-refractivity contribution < 1.29 is 4.79 Å². The number of carbonyl (C=O) groups is 1. The number of hydrogen-bond donors (Lipinski definition) is 1. The molecule has 0 saturated carbocycles. The number of rotatable bonds is 1. The van der Waals surface area contributed by atoms with Crippen LogP contribution >= 0.6 is 12.2 Å². The first kappa shape index (κ1) is 12.3. The van der Waals surface area contributed by atoms with Gasteiger partial charge in [-0.1, -0.05) is 26.1 Å². The van der Waals surface area contributed by atoms with Crippen molar-refractivity contribution in [1.82, 2.24) is 9.88 Å². The van der Waals surface area contributed by atoms with Gasteiger partial charge in [0.15, 0.2) is 0 Å². The third-order valence-corrected chi connectivity index (χ3v) is 3.54. The summed E-state index contributed by atoms with van der Waals surface area (Å²) in [6.07, 6.45) is 2.95. The van der Waals surface area contributed by atoms with Gasteiger partial charge in [-0.2, -0.15) is 0 Å². The lowest BCUT2D eigenvalue weighted by Gasteiger charge is -2.35. The summed E-state index contributed by atoms with van der Waals surface area (Å²) >= 11 is 5.15. The van der Waals surface area contributed by atoms with E-state index in [1.807, 2.05) is 11.0 Å². The highest BCUT2D eigenvalue weighted by atomic mass is 32.1. The zero-order chi connectivity index (χ0) is 12.4. The van der Waals surface area contributed by atoms with E-state index in [1.165, 1.54) is 6.42 Å². The molecular formula is C13H18N2OS. The molecule has 0 aliphatic carbocycles. The number of aromatic nitrogens is 1. The van der Waals surface area contributed by atoms with Crippen LogP contribution in [-0.2, 0) is 0 Å². The molecule has 17 heavy (non-hydrogen) atoms. The number of nitrogens with one attached hydrogen (secondary N) is 1. The summed E-state index contributed by atoms with van der Waals surface area (Å²) < 4.78 is 0.531. The standard InChI is InChI=1S/C13H18N2OS/c1-9-6-10(2)8-15(7-9)13(16)11-4-3-5-14-12(11)17/h3-5,9-10H,6-8H2,1-2H3,(H,14,17). The fourth-order valence-corrected chi connectivity index (χ4v) is 2.81. The van der Waals surface area contributed by atoms with Crippen LogP contribution in [0.1, 0.15) is 30.6 Å². The average molecular weight is 250 g/mol. The zero-order valence-electron chi connectivity index (χ0n) is 10.3. The van der Waals surface area contributed by atoms with Gasteiger partial charge in [0.05, 0.1) is 5.56 Å². The number of amides is 1. The Morgan fingerprint density at radius 2 is 2.06 bits per heavy atom. The minimum Gasteiger partial charge on any atom is -0.352 e. The second-order valence-corrected chi connectivity index (χ2v) is 5.48. The van der Waals surface area contributed by atoms with Crippen LogP contribution in [0.15, 0.2) is 18.3 Å². The van der Waals surface area contributed by atoms with Gasteiger partial charge in [-0.15, -0.1) is 0 Å². The summed E-state index contributed by atoms with van der Waals surface area (Å²) in [5.41, 5.74) is 0.615. The van der Waals surface area contributed by atoms with E-state index < -0.39 is 0 Å².